The topological polar surface area (TPSA) is 64.1 Å². The van der Waals surface area contributed by atoms with Crippen LogP contribution in [0, 0.1) is 0 Å². The van der Waals surface area contributed by atoms with Gasteiger partial charge in [0, 0.05) is 23.6 Å². The number of hydrogen-bond acceptors (Lipinski definition) is 6. The standard InChI is InChI=1S/C12H15N3O2S2/c1-7(2)9-4-13-12(19-9)15-11(16)8-6-18-10(14-8)5-17-3/h4,6-7H,5H2,1-3H3,(H,13,15,16). The quantitative estimate of drug-likeness (QED) is 0.921. The Balaban J connectivity index is 2.02. The number of carbonyl (C=O) groups is 1. The lowest BCUT2D eigenvalue weighted by atomic mass is 10.2. The van der Waals surface area contributed by atoms with Crippen LogP contribution in [0.15, 0.2) is 11.6 Å². The van der Waals surface area contributed by atoms with Gasteiger partial charge < -0.3 is 4.74 Å². The molecule has 2 heterocycles. The molecular formula is C12H15N3O2S2. The molecular weight excluding hydrogens is 282 g/mol. The van der Waals surface area contributed by atoms with E-state index in [2.05, 4.69) is 29.1 Å². The highest BCUT2D eigenvalue weighted by Gasteiger charge is 2.13. The summed E-state index contributed by atoms with van der Waals surface area (Å²) in [6.45, 7) is 4.61. The predicted octanol–water partition coefficient (Wildman–Crippen LogP) is 3.12. The number of rotatable bonds is 5. The number of carbonyl (C=O) groups excluding carboxylic acids is 1. The summed E-state index contributed by atoms with van der Waals surface area (Å²) in [4.78, 5) is 21.5. The van der Waals surface area contributed by atoms with Crippen LogP contribution in [0.3, 0.4) is 0 Å². The molecule has 102 valence electrons. The second-order valence-corrected chi connectivity index (χ2v) is 6.24. The van der Waals surface area contributed by atoms with E-state index in [0.29, 0.717) is 23.4 Å². The van der Waals surface area contributed by atoms with Gasteiger partial charge in [0.15, 0.2) is 5.13 Å². The molecule has 1 amide bonds. The third kappa shape index (κ3) is 3.59. The Morgan fingerprint density at radius 2 is 2.32 bits per heavy atom. The Bertz CT molecular complexity index is 563. The molecule has 5 nitrogen and oxygen atoms in total. The number of thiazole rings is 2. The first-order valence-corrected chi connectivity index (χ1v) is 7.50. The third-order valence-corrected chi connectivity index (χ3v) is 4.40. The molecule has 0 aromatic carbocycles. The van der Waals surface area contributed by atoms with Crippen molar-refractivity contribution in [3.63, 3.8) is 0 Å². The monoisotopic (exact) mass is 297 g/mol. The van der Waals surface area contributed by atoms with Gasteiger partial charge in [-0.05, 0) is 5.92 Å². The van der Waals surface area contributed by atoms with Gasteiger partial charge in [-0.2, -0.15) is 0 Å². The number of nitrogens with zero attached hydrogens (tertiary/aromatic N) is 2. The van der Waals surface area contributed by atoms with Gasteiger partial charge in [0.05, 0.1) is 6.61 Å². The summed E-state index contributed by atoms with van der Waals surface area (Å²) in [5, 5.41) is 5.88. The van der Waals surface area contributed by atoms with Crippen molar-refractivity contribution >= 4 is 33.7 Å². The first-order chi connectivity index (χ1) is 9.10. The van der Waals surface area contributed by atoms with Crippen LogP contribution < -0.4 is 5.32 Å². The van der Waals surface area contributed by atoms with Gasteiger partial charge in [0.2, 0.25) is 0 Å². The largest absolute Gasteiger partial charge is 0.378 e. The highest BCUT2D eigenvalue weighted by Crippen LogP contribution is 2.25. The fourth-order valence-corrected chi connectivity index (χ4v) is 2.94. The summed E-state index contributed by atoms with van der Waals surface area (Å²) in [5.41, 5.74) is 0.401. The number of hydrogen-bond donors (Lipinski definition) is 1. The first kappa shape index (κ1) is 14.1. The predicted molar refractivity (Wildman–Crippen MR) is 77.0 cm³/mol. The maximum atomic E-state index is 12.0. The van der Waals surface area contributed by atoms with Crippen LogP contribution in [-0.4, -0.2) is 23.0 Å². The van der Waals surface area contributed by atoms with E-state index in [4.69, 9.17) is 4.74 Å². The van der Waals surface area contributed by atoms with Gasteiger partial charge in [-0.3, -0.25) is 10.1 Å². The number of anilines is 1. The van der Waals surface area contributed by atoms with Crippen LogP contribution in [-0.2, 0) is 11.3 Å². The second-order valence-electron chi connectivity index (χ2n) is 4.24. The molecule has 0 unspecified atom stereocenters. The fourth-order valence-electron chi connectivity index (χ4n) is 1.38. The summed E-state index contributed by atoms with van der Waals surface area (Å²) < 4.78 is 4.97. The Hall–Kier alpha value is -1.31. The highest BCUT2D eigenvalue weighted by molar-refractivity contribution is 7.15. The normalized spacial score (nSPS) is 10.9. The van der Waals surface area contributed by atoms with E-state index in [1.165, 1.54) is 22.7 Å². The van der Waals surface area contributed by atoms with Crippen molar-refractivity contribution in [2.45, 2.75) is 26.4 Å². The fraction of sp³-hybridized carbons (Fsp3) is 0.417. The average Bonchev–Trinajstić information content (AvgIpc) is 2.98. The number of aromatic nitrogens is 2. The SMILES string of the molecule is COCc1nc(C(=O)Nc2ncc(C(C)C)s2)cs1. The molecule has 0 bridgehead atoms. The summed E-state index contributed by atoms with van der Waals surface area (Å²) in [5.74, 6) is 0.180. The molecule has 2 aromatic rings. The number of ether oxygens (including phenoxy) is 1. The van der Waals surface area contributed by atoms with Crippen molar-refractivity contribution < 1.29 is 9.53 Å². The van der Waals surface area contributed by atoms with Crippen LogP contribution in [0.25, 0.3) is 0 Å². The summed E-state index contributed by atoms with van der Waals surface area (Å²) in [7, 11) is 1.60. The lowest BCUT2D eigenvalue weighted by Gasteiger charge is -1.98. The Morgan fingerprint density at radius 1 is 1.53 bits per heavy atom. The van der Waals surface area contributed by atoms with Gasteiger partial charge in [0.1, 0.15) is 10.7 Å². The van der Waals surface area contributed by atoms with Crippen molar-refractivity contribution in [2.24, 2.45) is 0 Å². The lowest BCUT2D eigenvalue weighted by molar-refractivity contribution is 0.102. The average molecular weight is 297 g/mol. The van der Waals surface area contributed by atoms with Crippen molar-refractivity contribution in [3.8, 4) is 0 Å². The molecule has 0 saturated carbocycles. The van der Waals surface area contributed by atoms with Gasteiger partial charge in [0.25, 0.3) is 5.91 Å². The smallest absolute Gasteiger partial charge is 0.276 e. The molecule has 0 radical (unpaired) electrons. The van der Waals surface area contributed by atoms with Crippen LogP contribution >= 0.6 is 22.7 Å². The minimum atomic E-state index is -0.233. The zero-order chi connectivity index (χ0) is 13.8. The zero-order valence-electron chi connectivity index (χ0n) is 11.0. The van der Waals surface area contributed by atoms with E-state index in [-0.39, 0.29) is 5.91 Å². The van der Waals surface area contributed by atoms with E-state index in [1.807, 2.05) is 0 Å². The van der Waals surface area contributed by atoms with Crippen LogP contribution in [0.5, 0.6) is 0 Å². The minimum absolute atomic E-state index is 0.233. The summed E-state index contributed by atoms with van der Waals surface area (Å²) in [6.07, 6.45) is 1.79. The van der Waals surface area contributed by atoms with Gasteiger partial charge in [-0.15, -0.1) is 22.7 Å². The summed E-state index contributed by atoms with van der Waals surface area (Å²) in [6, 6.07) is 0. The summed E-state index contributed by atoms with van der Waals surface area (Å²) >= 11 is 2.90. The van der Waals surface area contributed by atoms with E-state index in [9.17, 15) is 4.79 Å². The van der Waals surface area contributed by atoms with Gasteiger partial charge in [-0.1, -0.05) is 13.8 Å². The molecule has 0 fully saturated rings. The van der Waals surface area contributed by atoms with Crippen LogP contribution in [0.1, 0.15) is 40.1 Å². The number of amides is 1. The van der Waals surface area contributed by atoms with E-state index in [0.717, 1.165) is 9.88 Å². The number of nitrogens with one attached hydrogen (secondary N) is 1. The minimum Gasteiger partial charge on any atom is -0.378 e. The molecule has 2 rings (SSSR count). The molecule has 0 saturated heterocycles. The van der Waals surface area contributed by atoms with Crippen molar-refractivity contribution in [1.82, 2.24) is 9.97 Å². The first-order valence-electron chi connectivity index (χ1n) is 5.80. The van der Waals surface area contributed by atoms with Crippen molar-refractivity contribution in [3.05, 3.63) is 27.2 Å². The Labute approximate surface area is 119 Å². The molecule has 0 aliphatic rings. The maximum Gasteiger partial charge on any atom is 0.276 e. The van der Waals surface area contributed by atoms with Gasteiger partial charge >= 0.3 is 0 Å². The van der Waals surface area contributed by atoms with E-state index >= 15 is 0 Å². The zero-order valence-corrected chi connectivity index (χ0v) is 12.6. The number of methoxy groups -OCH3 is 1. The molecule has 7 heteroatoms. The van der Waals surface area contributed by atoms with Crippen molar-refractivity contribution in [1.29, 1.82) is 0 Å². The molecule has 19 heavy (non-hydrogen) atoms. The maximum absolute atomic E-state index is 12.0. The molecule has 2 aromatic heterocycles. The third-order valence-electron chi connectivity index (χ3n) is 2.37. The Morgan fingerprint density at radius 3 is 2.95 bits per heavy atom. The molecule has 0 aliphatic carbocycles. The van der Waals surface area contributed by atoms with E-state index in [1.54, 1.807) is 18.7 Å². The van der Waals surface area contributed by atoms with E-state index < -0.39 is 0 Å². The van der Waals surface area contributed by atoms with Crippen LogP contribution in [0.2, 0.25) is 0 Å². The molecule has 0 aliphatic heterocycles. The van der Waals surface area contributed by atoms with Crippen LogP contribution in [0.4, 0.5) is 5.13 Å². The van der Waals surface area contributed by atoms with Gasteiger partial charge in [-0.25, -0.2) is 9.97 Å². The van der Waals surface area contributed by atoms with Crippen molar-refractivity contribution in [2.75, 3.05) is 12.4 Å². The lowest BCUT2D eigenvalue weighted by Crippen LogP contribution is -2.12. The second kappa shape index (κ2) is 6.23. The molecule has 0 spiro atoms. The Kier molecular flexibility index (Phi) is 4.62. The molecule has 1 N–H and O–H groups in total. The molecule has 0 atom stereocenters. The highest BCUT2D eigenvalue weighted by atomic mass is 32.1.